The minimum atomic E-state index is 0.348. The average molecular weight is 190 g/mol. The van der Waals surface area contributed by atoms with Gasteiger partial charge in [-0.3, -0.25) is 0 Å². The van der Waals surface area contributed by atoms with Gasteiger partial charge in [0.15, 0.2) is 0 Å². The van der Waals surface area contributed by atoms with E-state index in [9.17, 15) is 5.11 Å². The topological polar surface area (TPSA) is 20.2 Å². The van der Waals surface area contributed by atoms with Gasteiger partial charge in [0.25, 0.3) is 0 Å². The zero-order chi connectivity index (χ0) is 10.6. The van der Waals surface area contributed by atoms with E-state index in [4.69, 9.17) is 0 Å². The fourth-order valence-electron chi connectivity index (χ4n) is 1.66. The maximum absolute atomic E-state index is 9.42. The first kappa shape index (κ1) is 10.8. The number of benzene rings is 1. The van der Waals surface area contributed by atoms with Gasteiger partial charge in [0, 0.05) is 0 Å². The van der Waals surface area contributed by atoms with Gasteiger partial charge in [0.2, 0.25) is 0 Å². The van der Waals surface area contributed by atoms with Crippen LogP contribution in [0.4, 0.5) is 0 Å². The van der Waals surface area contributed by atoms with Crippen molar-refractivity contribution in [3.05, 3.63) is 35.4 Å². The van der Waals surface area contributed by atoms with Gasteiger partial charge in [-0.15, -0.1) is 0 Å². The third-order valence-electron chi connectivity index (χ3n) is 2.43. The van der Waals surface area contributed by atoms with Crippen molar-refractivity contribution in [1.29, 1.82) is 0 Å². The Kier molecular flexibility index (Phi) is 3.75. The lowest BCUT2D eigenvalue weighted by Gasteiger charge is -2.09. The van der Waals surface area contributed by atoms with Crippen LogP contribution in [0.25, 0.3) is 5.57 Å². The number of allylic oxidation sites excluding steroid dienone is 2. The van der Waals surface area contributed by atoms with E-state index in [1.165, 1.54) is 16.7 Å². The van der Waals surface area contributed by atoms with Crippen LogP contribution in [0.2, 0.25) is 0 Å². The molecule has 0 spiro atoms. The van der Waals surface area contributed by atoms with Crippen molar-refractivity contribution in [2.24, 2.45) is 0 Å². The Labute approximate surface area is 86.1 Å². The molecule has 0 fully saturated rings. The van der Waals surface area contributed by atoms with E-state index in [1.807, 2.05) is 12.1 Å². The van der Waals surface area contributed by atoms with Crippen LogP contribution in [-0.4, -0.2) is 5.11 Å². The molecule has 1 nitrogen and oxygen atoms in total. The first-order valence-electron chi connectivity index (χ1n) is 5.14. The second-order valence-corrected chi connectivity index (χ2v) is 3.56. The van der Waals surface area contributed by atoms with Gasteiger partial charge < -0.3 is 5.11 Å². The summed E-state index contributed by atoms with van der Waals surface area (Å²) in [5.41, 5.74) is 3.72. The molecule has 0 aromatic heterocycles. The SMILES string of the molecule is CC=C(CCC)c1cc(O)ccc1C. The number of hydrogen-bond acceptors (Lipinski definition) is 1. The predicted molar refractivity (Wildman–Crippen MR) is 61.4 cm³/mol. The minimum Gasteiger partial charge on any atom is -0.508 e. The molecule has 1 heteroatoms. The molecule has 1 aromatic rings. The molecule has 1 aromatic carbocycles. The monoisotopic (exact) mass is 190 g/mol. The summed E-state index contributed by atoms with van der Waals surface area (Å²) in [5.74, 6) is 0.348. The van der Waals surface area contributed by atoms with Crippen LogP contribution in [0.5, 0.6) is 5.75 Å². The zero-order valence-electron chi connectivity index (χ0n) is 9.17. The number of rotatable bonds is 3. The smallest absolute Gasteiger partial charge is 0.116 e. The summed E-state index contributed by atoms with van der Waals surface area (Å²) in [6.07, 6.45) is 4.33. The third-order valence-corrected chi connectivity index (χ3v) is 2.43. The normalized spacial score (nSPS) is 11.8. The lowest BCUT2D eigenvalue weighted by Crippen LogP contribution is -1.88. The van der Waals surface area contributed by atoms with E-state index in [2.05, 4.69) is 26.8 Å². The van der Waals surface area contributed by atoms with Crippen LogP contribution >= 0.6 is 0 Å². The number of phenols is 1. The Hall–Kier alpha value is -1.24. The fourth-order valence-corrected chi connectivity index (χ4v) is 1.66. The van der Waals surface area contributed by atoms with Crippen LogP contribution in [0.3, 0.4) is 0 Å². The second-order valence-electron chi connectivity index (χ2n) is 3.56. The maximum Gasteiger partial charge on any atom is 0.116 e. The van der Waals surface area contributed by atoms with Crippen LogP contribution in [0.1, 0.15) is 37.8 Å². The summed E-state index contributed by atoms with van der Waals surface area (Å²) in [4.78, 5) is 0. The van der Waals surface area contributed by atoms with E-state index in [0.717, 1.165) is 12.8 Å². The molecule has 1 N–H and O–H groups in total. The number of hydrogen-bond donors (Lipinski definition) is 1. The van der Waals surface area contributed by atoms with Crippen molar-refractivity contribution in [1.82, 2.24) is 0 Å². The molecule has 0 atom stereocenters. The van der Waals surface area contributed by atoms with Crippen LogP contribution < -0.4 is 0 Å². The highest BCUT2D eigenvalue weighted by Gasteiger charge is 2.04. The molecule has 0 heterocycles. The summed E-state index contributed by atoms with van der Waals surface area (Å²) in [6.45, 7) is 6.30. The highest BCUT2D eigenvalue weighted by Crippen LogP contribution is 2.26. The number of phenolic OH excluding ortho intramolecular Hbond substituents is 1. The molecule has 0 amide bonds. The molecule has 0 radical (unpaired) electrons. The molecule has 76 valence electrons. The molecule has 0 aliphatic heterocycles. The number of aryl methyl sites for hydroxylation is 1. The van der Waals surface area contributed by atoms with Gasteiger partial charge in [0.1, 0.15) is 5.75 Å². The second kappa shape index (κ2) is 4.85. The highest BCUT2D eigenvalue weighted by molar-refractivity contribution is 5.69. The van der Waals surface area contributed by atoms with Crippen molar-refractivity contribution in [2.75, 3.05) is 0 Å². The van der Waals surface area contributed by atoms with Crippen LogP contribution in [0.15, 0.2) is 24.3 Å². The molecular formula is C13H18O. The predicted octanol–water partition coefficient (Wildman–Crippen LogP) is 3.90. The molecule has 0 unspecified atom stereocenters. The van der Waals surface area contributed by atoms with Crippen molar-refractivity contribution in [3.63, 3.8) is 0 Å². The number of aromatic hydroxyl groups is 1. The molecule has 1 rings (SSSR count). The highest BCUT2D eigenvalue weighted by atomic mass is 16.3. The van der Waals surface area contributed by atoms with E-state index in [-0.39, 0.29) is 0 Å². The van der Waals surface area contributed by atoms with E-state index < -0.39 is 0 Å². The molecule has 0 saturated carbocycles. The summed E-state index contributed by atoms with van der Waals surface area (Å²) in [6, 6.07) is 5.54. The molecule has 14 heavy (non-hydrogen) atoms. The van der Waals surface area contributed by atoms with Crippen molar-refractivity contribution in [2.45, 2.75) is 33.6 Å². The third kappa shape index (κ3) is 2.38. The largest absolute Gasteiger partial charge is 0.508 e. The van der Waals surface area contributed by atoms with Gasteiger partial charge >= 0.3 is 0 Å². The lowest BCUT2D eigenvalue weighted by molar-refractivity contribution is 0.475. The molecule has 0 aliphatic carbocycles. The van der Waals surface area contributed by atoms with Gasteiger partial charge in [-0.1, -0.05) is 25.5 Å². The minimum absolute atomic E-state index is 0.348. The van der Waals surface area contributed by atoms with E-state index in [1.54, 1.807) is 6.07 Å². The summed E-state index contributed by atoms with van der Waals surface area (Å²) < 4.78 is 0. The van der Waals surface area contributed by atoms with E-state index >= 15 is 0 Å². The van der Waals surface area contributed by atoms with Crippen LogP contribution in [-0.2, 0) is 0 Å². The molecule has 0 aliphatic rings. The first-order valence-corrected chi connectivity index (χ1v) is 5.14. The zero-order valence-corrected chi connectivity index (χ0v) is 9.17. The van der Waals surface area contributed by atoms with Crippen molar-refractivity contribution >= 4 is 5.57 Å². The van der Waals surface area contributed by atoms with Gasteiger partial charge in [-0.25, -0.2) is 0 Å². The van der Waals surface area contributed by atoms with Gasteiger partial charge in [-0.2, -0.15) is 0 Å². The Morgan fingerprint density at radius 3 is 2.71 bits per heavy atom. The summed E-state index contributed by atoms with van der Waals surface area (Å²) >= 11 is 0. The van der Waals surface area contributed by atoms with Crippen molar-refractivity contribution in [3.8, 4) is 5.75 Å². The molecular weight excluding hydrogens is 172 g/mol. The van der Waals surface area contributed by atoms with Gasteiger partial charge in [-0.05, 0) is 49.1 Å². The van der Waals surface area contributed by atoms with Gasteiger partial charge in [0.05, 0.1) is 0 Å². The van der Waals surface area contributed by atoms with Crippen molar-refractivity contribution < 1.29 is 5.11 Å². The Bertz CT molecular complexity index is 337. The Balaban J connectivity index is 3.09. The lowest BCUT2D eigenvalue weighted by atomic mass is 9.97. The standard InChI is InChI=1S/C13H18O/c1-4-6-11(5-2)13-9-12(14)8-7-10(13)3/h5,7-9,14H,4,6H2,1-3H3. The molecule has 0 bridgehead atoms. The maximum atomic E-state index is 9.42. The fraction of sp³-hybridized carbons (Fsp3) is 0.385. The average Bonchev–Trinajstić information content (AvgIpc) is 2.18. The summed E-state index contributed by atoms with van der Waals surface area (Å²) in [5, 5.41) is 9.42. The van der Waals surface area contributed by atoms with E-state index in [0.29, 0.717) is 5.75 Å². The van der Waals surface area contributed by atoms with Crippen LogP contribution in [0, 0.1) is 6.92 Å². The first-order chi connectivity index (χ1) is 6.69. The Morgan fingerprint density at radius 1 is 1.43 bits per heavy atom. The Morgan fingerprint density at radius 2 is 2.14 bits per heavy atom. The molecule has 0 saturated heterocycles. The summed E-state index contributed by atoms with van der Waals surface area (Å²) in [7, 11) is 0. The quantitative estimate of drug-likeness (QED) is 0.766.